The molecule has 0 aromatic heterocycles. The van der Waals surface area contributed by atoms with Crippen LogP contribution in [-0.4, -0.2) is 43.0 Å². The van der Waals surface area contributed by atoms with Gasteiger partial charge in [-0.2, -0.15) is 0 Å². The van der Waals surface area contributed by atoms with Crippen LogP contribution in [0.25, 0.3) is 0 Å². The summed E-state index contributed by atoms with van der Waals surface area (Å²) >= 11 is 0. The molecule has 2 fully saturated rings. The van der Waals surface area contributed by atoms with Crippen molar-refractivity contribution in [1.82, 2.24) is 10.2 Å². The van der Waals surface area contributed by atoms with Crippen molar-refractivity contribution in [2.24, 2.45) is 5.92 Å². The van der Waals surface area contributed by atoms with Crippen molar-refractivity contribution >= 4 is 11.6 Å². The molecule has 2 N–H and O–H groups in total. The Kier molecular flexibility index (Phi) is 5.55. The zero-order valence-electron chi connectivity index (χ0n) is 14.2. The molecule has 2 heterocycles. The molecule has 126 valence electrons. The van der Waals surface area contributed by atoms with Crippen LogP contribution in [0.1, 0.15) is 37.7 Å². The number of rotatable bonds is 5. The predicted octanol–water partition coefficient (Wildman–Crippen LogP) is 2.79. The Morgan fingerprint density at radius 2 is 2.13 bits per heavy atom. The topological polar surface area (TPSA) is 44.4 Å². The maximum Gasteiger partial charge on any atom is 0.222 e. The van der Waals surface area contributed by atoms with Crippen LogP contribution in [0.2, 0.25) is 0 Å². The summed E-state index contributed by atoms with van der Waals surface area (Å²) in [5.74, 6) is 1.06. The second-order valence-electron chi connectivity index (χ2n) is 7.07. The van der Waals surface area contributed by atoms with E-state index in [0.717, 1.165) is 51.9 Å². The number of piperidine rings is 1. The van der Waals surface area contributed by atoms with Crippen LogP contribution in [0.4, 0.5) is 5.69 Å². The molecule has 3 rings (SSSR count). The van der Waals surface area contributed by atoms with Gasteiger partial charge in [0.2, 0.25) is 5.91 Å². The molecule has 4 heteroatoms. The summed E-state index contributed by atoms with van der Waals surface area (Å²) in [6.45, 7) is 6.12. The summed E-state index contributed by atoms with van der Waals surface area (Å²) in [5, 5.41) is 6.99. The first-order valence-corrected chi connectivity index (χ1v) is 9.02. The third-order valence-corrected chi connectivity index (χ3v) is 5.17. The standard InChI is InChI=1S/C19H29N3O/c1-15-3-2-4-18(13-15)21-17-8-11-22(12-9-17)19(23)6-5-16-7-10-20-14-16/h2-4,13,16-17,20-21H,5-12,14H2,1H3. The zero-order chi connectivity index (χ0) is 16.1. The average molecular weight is 315 g/mol. The van der Waals surface area contributed by atoms with Crippen LogP contribution >= 0.6 is 0 Å². The Morgan fingerprint density at radius 3 is 2.83 bits per heavy atom. The molecule has 0 saturated carbocycles. The monoisotopic (exact) mass is 315 g/mol. The summed E-state index contributed by atoms with van der Waals surface area (Å²) in [5.41, 5.74) is 2.48. The summed E-state index contributed by atoms with van der Waals surface area (Å²) in [4.78, 5) is 14.4. The smallest absolute Gasteiger partial charge is 0.222 e. The lowest BCUT2D eigenvalue weighted by molar-refractivity contribution is -0.132. The molecular weight excluding hydrogens is 286 g/mol. The fraction of sp³-hybridized carbons (Fsp3) is 0.632. The first-order valence-electron chi connectivity index (χ1n) is 9.02. The number of amides is 1. The Bertz CT molecular complexity index is 517. The van der Waals surface area contributed by atoms with E-state index in [9.17, 15) is 4.79 Å². The number of nitrogens with zero attached hydrogens (tertiary/aromatic N) is 1. The van der Waals surface area contributed by atoms with Crippen LogP contribution < -0.4 is 10.6 Å². The van der Waals surface area contributed by atoms with Gasteiger partial charge in [-0.15, -0.1) is 0 Å². The third kappa shape index (κ3) is 4.71. The van der Waals surface area contributed by atoms with Gasteiger partial charge in [0.15, 0.2) is 0 Å². The van der Waals surface area contributed by atoms with E-state index in [-0.39, 0.29) is 0 Å². The van der Waals surface area contributed by atoms with Crippen molar-refractivity contribution < 1.29 is 4.79 Å². The van der Waals surface area contributed by atoms with E-state index in [0.29, 0.717) is 17.9 Å². The van der Waals surface area contributed by atoms with Crippen molar-refractivity contribution in [3.05, 3.63) is 29.8 Å². The molecule has 0 aliphatic carbocycles. The lowest BCUT2D eigenvalue weighted by Gasteiger charge is -2.33. The van der Waals surface area contributed by atoms with Gasteiger partial charge in [-0.1, -0.05) is 12.1 Å². The highest BCUT2D eigenvalue weighted by Gasteiger charge is 2.23. The van der Waals surface area contributed by atoms with Crippen LogP contribution in [0.5, 0.6) is 0 Å². The number of benzene rings is 1. The number of nitrogens with one attached hydrogen (secondary N) is 2. The van der Waals surface area contributed by atoms with Crippen molar-refractivity contribution in [3.63, 3.8) is 0 Å². The Balaban J connectivity index is 1.40. The molecular formula is C19H29N3O. The van der Waals surface area contributed by atoms with E-state index in [1.54, 1.807) is 0 Å². The van der Waals surface area contributed by atoms with Gasteiger partial charge in [0, 0.05) is 31.2 Å². The van der Waals surface area contributed by atoms with E-state index in [2.05, 4.69) is 46.7 Å². The van der Waals surface area contributed by atoms with E-state index in [1.165, 1.54) is 17.7 Å². The maximum absolute atomic E-state index is 12.3. The molecule has 23 heavy (non-hydrogen) atoms. The first kappa shape index (κ1) is 16.3. The van der Waals surface area contributed by atoms with E-state index < -0.39 is 0 Å². The van der Waals surface area contributed by atoms with E-state index in [4.69, 9.17) is 0 Å². The number of anilines is 1. The second kappa shape index (κ2) is 7.82. The Hall–Kier alpha value is -1.55. The van der Waals surface area contributed by atoms with Gasteiger partial charge in [0.25, 0.3) is 0 Å². The minimum Gasteiger partial charge on any atom is -0.382 e. The normalized spacial score (nSPS) is 22.3. The molecule has 2 aliphatic rings. The summed E-state index contributed by atoms with van der Waals surface area (Å²) in [6, 6.07) is 9.01. The minimum atomic E-state index is 0.353. The van der Waals surface area contributed by atoms with Crippen molar-refractivity contribution in [2.75, 3.05) is 31.5 Å². The van der Waals surface area contributed by atoms with Crippen LogP contribution in [0, 0.1) is 12.8 Å². The van der Waals surface area contributed by atoms with Gasteiger partial charge >= 0.3 is 0 Å². The van der Waals surface area contributed by atoms with Crippen LogP contribution in [0.3, 0.4) is 0 Å². The van der Waals surface area contributed by atoms with Gasteiger partial charge < -0.3 is 15.5 Å². The zero-order valence-corrected chi connectivity index (χ0v) is 14.2. The molecule has 2 aliphatic heterocycles. The number of hydrogen-bond acceptors (Lipinski definition) is 3. The van der Waals surface area contributed by atoms with Gasteiger partial charge in [0.05, 0.1) is 0 Å². The van der Waals surface area contributed by atoms with Crippen LogP contribution in [0.15, 0.2) is 24.3 Å². The van der Waals surface area contributed by atoms with E-state index >= 15 is 0 Å². The molecule has 1 amide bonds. The largest absolute Gasteiger partial charge is 0.382 e. The quantitative estimate of drug-likeness (QED) is 0.878. The average Bonchev–Trinajstić information content (AvgIpc) is 3.07. The van der Waals surface area contributed by atoms with Crippen molar-refractivity contribution in [1.29, 1.82) is 0 Å². The Labute approximate surface area is 139 Å². The maximum atomic E-state index is 12.3. The SMILES string of the molecule is Cc1cccc(NC2CCN(C(=O)CCC3CCNC3)CC2)c1. The first-order chi connectivity index (χ1) is 11.2. The molecule has 0 radical (unpaired) electrons. The van der Waals surface area contributed by atoms with Crippen molar-refractivity contribution in [3.8, 4) is 0 Å². The van der Waals surface area contributed by atoms with Gasteiger partial charge in [0.1, 0.15) is 0 Å². The number of carbonyl (C=O) groups is 1. The summed E-state index contributed by atoms with van der Waals surface area (Å²) in [6.07, 6.45) is 5.10. The fourth-order valence-electron chi connectivity index (χ4n) is 3.69. The highest BCUT2D eigenvalue weighted by atomic mass is 16.2. The van der Waals surface area contributed by atoms with Crippen LogP contribution in [-0.2, 0) is 4.79 Å². The van der Waals surface area contributed by atoms with Gasteiger partial charge in [-0.3, -0.25) is 4.79 Å². The number of carbonyl (C=O) groups excluding carboxylic acids is 1. The molecule has 1 aromatic rings. The molecule has 0 bridgehead atoms. The highest BCUT2D eigenvalue weighted by Crippen LogP contribution is 2.20. The molecule has 0 spiro atoms. The number of likely N-dealkylation sites (tertiary alicyclic amines) is 1. The van der Waals surface area contributed by atoms with Gasteiger partial charge in [-0.05, 0) is 69.3 Å². The molecule has 1 unspecified atom stereocenters. The fourth-order valence-corrected chi connectivity index (χ4v) is 3.69. The summed E-state index contributed by atoms with van der Waals surface area (Å²) < 4.78 is 0. The third-order valence-electron chi connectivity index (χ3n) is 5.17. The lowest BCUT2D eigenvalue weighted by atomic mass is 10.0. The van der Waals surface area contributed by atoms with Crippen molar-refractivity contribution in [2.45, 2.75) is 45.1 Å². The predicted molar refractivity (Wildman–Crippen MR) is 94.6 cm³/mol. The molecule has 4 nitrogen and oxygen atoms in total. The molecule has 1 aromatic carbocycles. The summed E-state index contributed by atoms with van der Waals surface area (Å²) in [7, 11) is 0. The molecule has 2 saturated heterocycles. The number of hydrogen-bond donors (Lipinski definition) is 2. The Morgan fingerprint density at radius 1 is 1.30 bits per heavy atom. The molecule has 1 atom stereocenters. The van der Waals surface area contributed by atoms with Gasteiger partial charge in [-0.25, -0.2) is 0 Å². The second-order valence-corrected chi connectivity index (χ2v) is 7.07. The van der Waals surface area contributed by atoms with E-state index in [1.807, 2.05) is 0 Å². The lowest BCUT2D eigenvalue weighted by Crippen LogP contribution is -2.42. The minimum absolute atomic E-state index is 0.353. The highest BCUT2D eigenvalue weighted by molar-refractivity contribution is 5.76. The number of aryl methyl sites for hydroxylation is 1.